The lowest BCUT2D eigenvalue weighted by molar-refractivity contribution is 0.103. The summed E-state index contributed by atoms with van der Waals surface area (Å²) in [4.78, 5) is 12.4. The number of halogens is 2. The zero-order valence-electron chi connectivity index (χ0n) is 10.2. The molecule has 1 aromatic carbocycles. The lowest BCUT2D eigenvalue weighted by Crippen LogP contribution is -2.13. The van der Waals surface area contributed by atoms with E-state index in [2.05, 4.69) is 17.2 Å². The van der Waals surface area contributed by atoms with E-state index in [4.69, 9.17) is 5.73 Å². The van der Waals surface area contributed by atoms with Crippen molar-refractivity contribution in [2.45, 2.75) is 0 Å². The molecule has 2 rings (SSSR count). The average molecular weight is 292 g/mol. The van der Waals surface area contributed by atoms with Crippen LogP contribution in [0.1, 0.15) is 15.2 Å². The first-order valence-corrected chi connectivity index (χ1v) is 6.52. The van der Waals surface area contributed by atoms with Crippen LogP contribution in [-0.4, -0.2) is 12.5 Å². The maximum absolute atomic E-state index is 13.5. The molecule has 0 aliphatic rings. The van der Waals surface area contributed by atoms with Crippen molar-refractivity contribution in [2.75, 3.05) is 11.9 Å². The first-order valence-electron chi connectivity index (χ1n) is 5.64. The molecule has 0 fully saturated rings. The van der Waals surface area contributed by atoms with E-state index >= 15 is 0 Å². The van der Waals surface area contributed by atoms with Gasteiger partial charge in [0.1, 0.15) is 16.5 Å². The van der Waals surface area contributed by atoms with Gasteiger partial charge < -0.3 is 11.1 Å². The molecule has 0 aliphatic heterocycles. The summed E-state index contributed by atoms with van der Waals surface area (Å²) in [5.41, 5.74) is 5.57. The Morgan fingerprint density at radius 1 is 1.35 bits per heavy atom. The standard InChI is InChI=1S/C14H10F2N2OS/c15-10-3-4-11(16)12(8-10)18-14(19)13-9(2-1-6-17)5-7-20-13/h3-5,7-8H,6,17H2,(H,18,19). The van der Waals surface area contributed by atoms with E-state index in [1.165, 1.54) is 11.3 Å². The molecular weight excluding hydrogens is 282 g/mol. The Hall–Kier alpha value is -2.23. The first kappa shape index (κ1) is 14.2. The van der Waals surface area contributed by atoms with Gasteiger partial charge in [0.2, 0.25) is 0 Å². The van der Waals surface area contributed by atoms with Crippen LogP contribution < -0.4 is 11.1 Å². The highest BCUT2D eigenvalue weighted by molar-refractivity contribution is 7.12. The molecule has 0 saturated heterocycles. The molecule has 1 aromatic heterocycles. The Kier molecular flexibility index (Phi) is 4.45. The van der Waals surface area contributed by atoms with Gasteiger partial charge in [0.25, 0.3) is 5.91 Å². The van der Waals surface area contributed by atoms with Crippen molar-refractivity contribution in [1.29, 1.82) is 0 Å². The summed E-state index contributed by atoms with van der Waals surface area (Å²) in [5, 5.41) is 4.02. The van der Waals surface area contributed by atoms with E-state index in [0.717, 1.165) is 18.2 Å². The van der Waals surface area contributed by atoms with Gasteiger partial charge in [-0.1, -0.05) is 11.8 Å². The SMILES string of the molecule is NCC#Cc1ccsc1C(=O)Nc1cc(F)ccc1F. The highest BCUT2D eigenvalue weighted by Gasteiger charge is 2.14. The summed E-state index contributed by atoms with van der Waals surface area (Å²) in [6.45, 7) is 0.176. The molecular formula is C14H10F2N2OS. The second-order valence-electron chi connectivity index (χ2n) is 3.75. The predicted molar refractivity (Wildman–Crippen MR) is 74.6 cm³/mol. The molecule has 6 heteroatoms. The second-order valence-corrected chi connectivity index (χ2v) is 4.66. The Labute approximate surface area is 118 Å². The molecule has 20 heavy (non-hydrogen) atoms. The molecule has 0 atom stereocenters. The second kappa shape index (κ2) is 6.28. The fourth-order valence-corrected chi connectivity index (χ4v) is 2.25. The van der Waals surface area contributed by atoms with Crippen molar-refractivity contribution in [3.8, 4) is 11.8 Å². The average Bonchev–Trinajstić information content (AvgIpc) is 2.89. The molecule has 102 valence electrons. The van der Waals surface area contributed by atoms with E-state index in [0.29, 0.717) is 10.4 Å². The molecule has 0 saturated carbocycles. The predicted octanol–water partition coefficient (Wildman–Crippen LogP) is 2.59. The Morgan fingerprint density at radius 3 is 2.90 bits per heavy atom. The van der Waals surface area contributed by atoms with Gasteiger partial charge in [-0.25, -0.2) is 8.78 Å². The number of anilines is 1. The van der Waals surface area contributed by atoms with Crippen molar-refractivity contribution >= 4 is 22.9 Å². The van der Waals surface area contributed by atoms with Crippen LogP contribution in [0.2, 0.25) is 0 Å². The summed E-state index contributed by atoms with van der Waals surface area (Å²) >= 11 is 1.17. The Morgan fingerprint density at radius 2 is 2.15 bits per heavy atom. The minimum Gasteiger partial charge on any atom is -0.320 e. The third kappa shape index (κ3) is 3.20. The molecule has 3 nitrogen and oxygen atoms in total. The van der Waals surface area contributed by atoms with Gasteiger partial charge >= 0.3 is 0 Å². The monoisotopic (exact) mass is 292 g/mol. The number of amides is 1. The highest BCUT2D eigenvalue weighted by Crippen LogP contribution is 2.20. The molecule has 0 aliphatic carbocycles. The van der Waals surface area contributed by atoms with E-state index < -0.39 is 17.5 Å². The number of carbonyl (C=O) groups excluding carboxylic acids is 1. The number of thiophene rings is 1. The van der Waals surface area contributed by atoms with Gasteiger partial charge in [0.05, 0.1) is 12.2 Å². The van der Waals surface area contributed by atoms with Crippen molar-refractivity contribution < 1.29 is 13.6 Å². The third-order valence-electron chi connectivity index (χ3n) is 2.37. The molecule has 1 amide bonds. The fourth-order valence-electron chi connectivity index (χ4n) is 1.50. The van der Waals surface area contributed by atoms with Gasteiger partial charge in [-0.05, 0) is 23.6 Å². The maximum Gasteiger partial charge on any atom is 0.267 e. The van der Waals surface area contributed by atoms with Crippen LogP contribution in [0, 0.1) is 23.5 Å². The Bertz CT molecular complexity index is 701. The molecule has 0 spiro atoms. The molecule has 0 unspecified atom stereocenters. The number of benzene rings is 1. The Balaban J connectivity index is 2.24. The van der Waals surface area contributed by atoms with Crippen molar-refractivity contribution in [1.82, 2.24) is 0 Å². The molecule has 3 N–H and O–H groups in total. The fraction of sp³-hybridized carbons (Fsp3) is 0.0714. The number of carbonyl (C=O) groups is 1. The van der Waals surface area contributed by atoms with E-state index in [1.54, 1.807) is 11.4 Å². The van der Waals surface area contributed by atoms with E-state index in [9.17, 15) is 13.6 Å². The van der Waals surface area contributed by atoms with Crippen molar-refractivity contribution in [3.05, 3.63) is 51.7 Å². The van der Waals surface area contributed by atoms with Gasteiger partial charge in [0, 0.05) is 11.6 Å². The van der Waals surface area contributed by atoms with Crippen LogP contribution in [0.25, 0.3) is 0 Å². The smallest absolute Gasteiger partial charge is 0.267 e. The highest BCUT2D eigenvalue weighted by atomic mass is 32.1. The minimum absolute atomic E-state index is 0.176. The summed E-state index contributed by atoms with van der Waals surface area (Å²) in [5.74, 6) is 3.53. The van der Waals surface area contributed by atoms with Gasteiger partial charge in [-0.15, -0.1) is 11.3 Å². The largest absolute Gasteiger partial charge is 0.320 e. The lowest BCUT2D eigenvalue weighted by atomic mass is 10.2. The maximum atomic E-state index is 13.5. The van der Waals surface area contributed by atoms with Gasteiger partial charge in [0.15, 0.2) is 0 Å². The number of hydrogen-bond acceptors (Lipinski definition) is 3. The van der Waals surface area contributed by atoms with Crippen LogP contribution in [0.4, 0.5) is 14.5 Å². The van der Waals surface area contributed by atoms with Crippen LogP contribution in [0.5, 0.6) is 0 Å². The summed E-state index contributed by atoms with van der Waals surface area (Å²) in [6.07, 6.45) is 0. The summed E-state index contributed by atoms with van der Waals surface area (Å²) < 4.78 is 26.5. The van der Waals surface area contributed by atoms with E-state index in [1.807, 2.05) is 0 Å². The number of nitrogens with one attached hydrogen (secondary N) is 1. The van der Waals surface area contributed by atoms with Gasteiger partial charge in [-0.2, -0.15) is 0 Å². The number of hydrogen-bond donors (Lipinski definition) is 2. The van der Waals surface area contributed by atoms with Crippen LogP contribution in [-0.2, 0) is 0 Å². The zero-order valence-corrected chi connectivity index (χ0v) is 11.1. The van der Waals surface area contributed by atoms with Crippen LogP contribution >= 0.6 is 11.3 Å². The molecule has 0 radical (unpaired) electrons. The normalized spacial score (nSPS) is 9.75. The number of rotatable bonds is 2. The van der Waals surface area contributed by atoms with Gasteiger partial charge in [-0.3, -0.25) is 4.79 Å². The summed E-state index contributed by atoms with van der Waals surface area (Å²) in [7, 11) is 0. The quantitative estimate of drug-likeness (QED) is 0.836. The zero-order chi connectivity index (χ0) is 14.5. The van der Waals surface area contributed by atoms with E-state index in [-0.39, 0.29) is 12.2 Å². The molecule has 1 heterocycles. The minimum atomic E-state index is -0.703. The topological polar surface area (TPSA) is 55.1 Å². The number of nitrogens with two attached hydrogens (primary N) is 1. The molecule has 2 aromatic rings. The first-order chi connectivity index (χ1) is 9.61. The van der Waals surface area contributed by atoms with Crippen molar-refractivity contribution in [2.24, 2.45) is 5.73 Å². The molecule has 0 bridgehead atoms. The van der Waals surface area contributed by atoms with Crippen molar-refractivity contribution in [3.63, 3.8) is 0 Å². The lowest BCUT2D eigenvalue weighted by Gasteiger charge is -2.05. The van der Waals surface area contributed by atoms with Crippen LogP contribution in [0.15, 0.2) is 29.6 Å². The summed E-state index contributed by atoms with van der Waals surface area (Å²) in [6, 6.07) is 4.53. The van der Waals surface area contributed by atoms with Crippen LogP contribution in [0.3, 0.4) is 0 Å². The third-order valence-corrected chi connectivity index (χ3v) is 3.29.